The monoisotopic (exact) mass is 355 g/mol. The molecular formula is C20H25N3OS. The number of hydrogen-bond donors (Lipinski definition) is 1. The molecule has 0 bridgehead atoms. The van der Waals surface area contributed by atoms with E-state index in [0.717, 1.165) is 31.0 Å². The lowest BCUT2D eigenvalue weighted by Crippen LogP contribution is -2.48. The summed E-state index contributed by atoms with van der Waals surface area (Å²) in [5.74, 6) is -0.0355. The smallest absolute Gasteiger partial charge is 0.254 e. The summed E-state index contributed by atoms with van der Waals surface area (Å²) in [6, 6.07) is 14.3. The summed E-state index contributed by atoms with van der Waals surface area (Å²) < 4.78 is 0. The summed E-state index contributed by atoms with van der Waals surface area (Å²) in [6.07, 6.45) is 5.78. The number of carbonyl (C=O) groups excluding carboxylic acids is 1. The SMILES string of the molecule is CSc1ncccc1C(=O)NCC1(c2ccccc2)CCN(C)CC1. The molecule has 0 atom stereocenters. The Balaban J connectivity index is 1.78. The third-order valence-corrected chi connectivity index (χ3v) is 5.84. The molecule has 1 fully saturated rings. The quantitative estimate of drug-likeness (QED) is 0.837. The molecule has 1 aromatic heterocycles. The summed E-state index contributed by atoms with van der Waals surface area (Å²) in [4.78, 5) is 19.4. The Morgan fingerprint density at radius 2 is 1.92 bits per heavy atom. The molecule has 3 rings (SSSR count). The number of aromatic nitrogens is 1. The molecule has 2 aromatic rings. The predicted molar refractivity (Wildman–Crippen MR) is 103 cm³/mol. The van der Waals surface area contributed by atoms with E-state index in [9.17, 15) is 4.79 Å². The first-order valence-corrected chi connectivity index (χ1v) is 9.88. The Labute approximate surface area is 154 Å². The minimum atomic E-state index is -0.0355. The van der Waals surface area contributed by atoms with Crippen molar-refractivity contribution in [2.24, 2.45) is 0 Å². The fourth-order valence-corrected chi connectivity index (χ4v) is 4.02. The minimum absolute atomic E-state index is 0.00512. The first-order valence-electron chi connectivity index (χ1n) is 8.66. The van der Waals surface area contributed by atoms with Gasteiger partial charge in [0.25, 0.3) is 5.91 Å². The van der Waals surface area contributed by atoms with Crippen LogP contribution in [0.1, 0.15) is 28.8 Å². The molecule has 1 aromatic carbocycles. The Morgan fingerprint density at radius 1 is 1.20 bits per heavy atom. The van der Waals surface area contributed by atoms with Crippen LogP contribution in [-0.4, -0.2) is 48.7 Å². The van der Waals surface area contributed by atoms with Gasteiger partial charge in [0.1, 0.15) is 5.03 Å². The van der Waals surface area contributed by atoms with Crippen molar-refractivity contribution in [3.05, 3.63) is 59.8 Å². The van der Waals surface area contributed by atoms with Crippen molar-refractivity contribution in [2.45, 2.75) is 23.3 Å². The summed E-state index contributed by atoms with van der Waals surface area (Å²) in [5, 5.41) is 3.96. The molecule has 132 valence electrons. The van der Waals surface area contributed by atoms with Crippen molar-refractivity contribution in [3.8, 4) is 0 Å². The fraction of sp³-hybridized carbons (Fsp3) is 0.400. The lowest BCUT2D eigenvalue weighted by atomic mass is 9.72. The third-order valence-electron chi connectivity index (χ3n) is 5.13. The van der Waals surface area contributed by atoms with Crippen LogP contribution in [-0.2, 0) is 5.41 Å². The number of amides is 1. The van der Waals surface area contributed by atoms with Crippen molar-refractivity contribution in [3.63, 3.8) is 0 Å². The molecule has 1 aliphatic rings. The first-order chi connectivity index (χ1) is 12.1. The van der Waals surface area contributed by atoms with Gasteiger partial charge in [-0.15, -0.1) is 11.8 Å². The molecule has 4 nitrogen and oxygen atoms in total. The van der Waals surface area contributed by atoms with Gasteiger partial charge in [0.05, 0.1) is 5.56 Å². The predicted octanol–water partition coefficient (Wildman–Crippen LogP) is 3.20. The fourth-order valence-electron chi connectivity index (χ4n) is 3.48. The topological polar surface area (TPSA) is 45.2 Å². The molecule has 1 aliphatic heterocycles. The molecular weight excluding hydrogens is 330 g/mol. The number of carbonyl (C=O) groups is 1. The Morgan fingerprint density at radius 3 is 2.60 bits per heavy atom. The van der Waals surface area contributed by atoms with E-state index >= 15 is 0 Å². The van der Waals surface area contributed by atoms with E-state index in [1.165, 1.54) is 17.3 Å². The molecule has 0 radical (unpaired) electrons. The van der Waals surface area contributed by atoms with Crippen LogP contribution >= 0.6 is 11.8 Å². The van der Waals surface area contributed by atoms with Gasteiger partial charge in [0, 0.05) is 18.2 Å². The molecule has 0 saturated carbocycles. The van der Waals surface area contributed by atoms with Crippen molar-refractivity contribution in [1.29, 1.82) is 0 Å². The van der Waals surface area contributed by atoms with E-state index in [0.29, 0.717) is 12.1 Å². The van der Waals surface area contributed by atoms with E-state index in [2.05, 4.69) is 46.5 Å². The van der Waals surface area contributed by atoms with Crippen LogP contribution in [0.5, 0.6) is 0 Å². The van der Waals surface area contributed by atoms with Crippen molar-refractivity contribution in [2.75, 3.05) is 32.9 Å². The Bertz CT molecular complexity index is 712. The van der Waals surface area contributed by atoms with Gasteiger partial charge in [-0.1, -0.05) is 30.3 Å². The summed E-state index contributed by atoms with van der Waals surface area (Å²) in [5.41, 5.74) is 1.98. The van der Waals surface area contributed by atoms with Crippen molar-refractivity contribution < 1.29 is 4.79 Å². The van der Waals surface area contributed by atoms with E-state index in [1.54, 1.807) is 6.20 Å². The van der Waals surface area contributed by atoms with Gasteiger partial charge < -0.3 is 10.2 Å². The number of likely N-dealkylation sites (tertiary alicyclic amines) is 1. The average molecular weight is 356 g/mol. The first kappa shape index (κ1) is 18.0. The van der Waals surface area contributed by atoms with E-state index < -0.39 is 0 Å². The molecule has 0 spiro atoms. The Hall–Kier alpha value is -1.85. The molecule has 1 N–H and O–H groups in total. The highest BCUT2D eigenvalue weighted by atomic mass is 32.2. The number of hydrogen-bond acceptors (Lipinski definition) is 4. The standard InChI is InChI=1S/C20H25N3OS/c1-23-13-10-20(11-14-23,16-7-4-3-5-8-16)15-22-18(24)17-9-6-12-21-19(17)25-2/h3-9,12H,10-11,13-15H2,1-2H3,(H,22,24). The second-order valence-corrected chi connectivity index (χ2v) is 7.49. The molecule has 2 heterocycles. The second kappa shape index (κ2) is 8.02. The highest BCUT2D eigenvalue weighted by Gasteiger charge is 2.35. The van der Waals surface area contributed by atoms with Gasteiger partial charge in [0.15, 0.2) is 0 Å². The normalized spacial score (nSPS) is 17.2. The lowest BCUT2D eigenvalue weighted by Gasteiger charge is -2.41. The van der Waals surface area contributed by atoms with Crippen LogP contribution in [0, 0.1) is 0 Å². The van der Waals surface area contributed by atoms with Gasteiger partial charge in [0.2, 0.25) is 0 Å². The zero-order valence-corrected chi connectivity index (χ0v) is 15.7. The number of benzene rings is 1. The maximum absolute atomic E-state index is 12.7. The van der Waals surface area contributed by atoms with Gasteiger partial charge in [-0.05, 0) is 56.9 Å². The average Bonchev–Trinajstić information content (AvgIpc) is 2.68. The number of piperidine rings is 1. The van der Waals surface area contributed by atoms with Crippen LogP contribution in [0.3, 0.4) is 0 Å². The molecule has 0 unspecified atom stereocenters. The highest BCUT2D eigenvalue weighted by Crippen LogP contribution is 2.34. The van der Waals surface area contributed by atoms with Crippen LogP contribution in [0.4, 0.5) is 0 Å². The molecule has 0 aliphatic carbocycles. The van der Waals surface area contributed by atoms with Crippen LogP contribution in [0.2, 0.25) is 0 Å². The molecule has 5 heteroatoms. The van der Waals surface area contributed by atoms with Crippen molar-refractivity contribution >= 4 is 17.7 Å². The minimum Gasteiger partial charge on any atom is -0.351 e. The van der Waals surface area contributed by atoms with Crippen molar-refractivity contribution in [1.82, 2.24) is 15.2 Å². The summed E-state index contributed by atoms with van der Waals surface area (Å²) in [6.45, 7) is 2.76. The molecule has 1 saturated heterocycles. The lowest BCUT2D eigenvalue weighted by molar-refractivity contribution is 0.0924. The van der Waals surface area contributed by atoms with E-state index in [-0.39, 0.29) is 11.3 Å². The second-order valence-electron chi connectivity index (χ2n) is 6.69. The zero-order valence-electron chi connectivity index (χ0n) is 14.9. The van der Waals surface area contributed by atoms with Crippen LogP contribution in [0.15, 0.2) is 53.7 Å². The van der Waals surface area contributed by atoms with Crippen LogP contribution < -0.4 is 5.32 Å². The van der Waals surface area contributed by atoms with E-state index in [4.69, 9.17) is 0 Å². The maximum atomic E-state index is 12.7. The summed E-state index contributed by atoms with van der Waals surface area (Å²) >= 11 is 1.50. The number of rotatable bonds is 5. The number of nitrogens with zero attached hydrogens (tertiary/aromatic N) is 2. The zero-order chi connectivity index (χ0) is 17.7. The number of pyridine rings is 1. The maximum Gasteiger partial charge on any atom is 0.254 e. The van der Waals surface area contributed by atoms with Gasteiger partial charge in [-0.2, -0.15) is 0 Å². The third kappa shape index (κ3) is 4.05. The van der Waals surface area contributed by atoms with Gasteiger partial charge in [-0.25, -0.2) is 4.98 Å². The highest BCUT2D eigenvalue weighted by molar-refractivity contribution is 7.98. The molecule has 1 amide bonds. The van der Waals surface area contributed by atoms with E-state index in [1.807, 2.05) is 24.5 Å². The molecule has 25 heavy (non-hydrogen) atoms. The van der Waals surface area contributed by atoms with Gasteiger partial charge in [-0.3, -0.25) is 4.79 Å². The van der Waals surface area contributed by atoms with Gasteiger partial charge >= 0.3 is 0 Å². The summed E-state index contributed by atoms with van der Waals surface area (Å²) in [7, 11) is 2.16. The largest absolute Gasteiger partial charge is 0.351 e. The number of thioether (sulfide) groups is 1. The number of nitrogens with one attached hydrogen (secondary N) is 1. The Kier molecular flexibility index (Phi) is 5.76. The van der Waals surface area contributed by atoms with Crippen LogP contribution in [0.25, 0.3) is 0 Å².